The Morgan fingerprint density at radius 1 is 1.24 bits per heavy atom. The molecule has 2 saturated heterocycles. The van der Waals surface area contributed by atoms with Gasteiger partial charge in [-0.3, -0.25) is 14.3 Å². The van der Waals surface area contributed by atoms with Gasteiger partial charge in [-0.2, -0.15) is 4.98 Å². The summed E-state index contributed by atoms with van der Waals surface area (Å²) in [7, 11) is 0. The van der Waals surface area contributed by atoms with Crippen molar-refractivity contribution in [2.75, 3.05) is 31.4 Å². The number of ether oxygens (including phenoxy) is 1. The minimum Gasteiger partial charge on any atom is -0.395 e. The van der Waals surface area contributed by atoms with E-state index in [1.165, 1.54) is 28.1 Å². The molecule has 4 aromatic heterocycles. The molecular weight excluding hydrogens is 621 g/mol. The molecule has 4 aromatic rings. The molecule has 0 amide bonds. The molecule has 226 valence electrons. The normalized spacial score (nSPS) is 31.3. The van der Waals surface area contributed by atoms with Crippen molar-refractivity contribution < 1.29 is 33.1 Å². The van der Waals surface area contributed by atoms with Crippen LogP contribution in [0.1, 0.15) is 18.0 Å². The third-order valence-corrected chi connectivity index (χ3v) is 12.2. The number of alkyl halides is 2. The monoisotopic (exact) mass is 646 g/mol. The molecule has 2 fully saturated rings. The first-order valence-electron chi connectivity index (χ1n) is 12.4. The third-order valence-electron chi connectivity index (χ3n) is 7.34. The molecule has 0 radical (unpaired) electrons. The van der Waals surface area contributed by atoms with Crippen LogP contribution in [0, 0.1) is 0 Å². The maximum Gasteiger partial charge on any atom is 0.280 e. The van der Waals surface area contributed by atoms with Gasteiger partial charge in [0.05, 0.1) is 41.6 Å². The Labute approximate surface area is 243 Å². The van der Waals surface area contributed by atoms with Gasteiger partial charge in [-0.1, -0.05) is 0 Å². The molecule has 0 spiro atoms. The summed E-state index contributed by atoms with van der Waals surface area (Å²) in [6.45, 7) is -5.95. The molecule has 21 heteroatoms. The summed E-state index contributed by atoms with van der Waals surface area (Å²) in [4.78, 5) is 46.3. The number of hydrogen-bond acceptors (Lipinski definition) is 14. The number of nitrogen functional groups attached to an aromatic ring is 2. The van der Waals surface area contributed by atoms with Crippen LogP contribution in [0.5, 0.6) is 0 Å². The molecule has 6 rings (SSSR count). The van der Waals surface area contributed by atoms with Crippen molar-refractivity contribution in [2.45, 2.75) is 46.8 Å². The second kappa shape index (κ2) is 10.7. The number of hydrogen-bond donors (Lipinski definition) is 6. The molecule has 0 saturated carbocycles. The van der Waals surface area contributed by atoms with Crippen molar-refractivity contribution in [3.05, 3.63) is 29.3 Å². The minimum atomic E-state index is -3.90. The molecule has 1 unspecified atom stereocenters. The Hall–Kier alpha value is -2.84. The predicted molar refractivity (Wildman–Crippen MR) is 150 cm³/mol. The van der Waals surface area contributed by atoms with Crippen LogP contribution in [0.3, 0.4) is 0 Å². The van der Waals surface area contributed by atoms with Gasteiger partial charge in [0.2, 0.25) is 5.95 Å². The number of aliphatic hydroxyl groups is 2. The summed E-state index contributed by atoms with van der Waals surface area (Å²) in [5, 5.41) is 19.8. The van der Waals surface area contributed by atoms with Crippen molar-refractivity contribution >= 4 is 64.2 Å². The standard InChI is InChI=1S/C21H25F2N10O6PS2/c22-3-21(4-34)1-9(19(42-21)33-7-29-12-16(33)30-20(25)31-17(12)36)40(37,41)38-2-8-13(35)10(23)18(39-8)32-6-28-11-14(24)26-5-27-15(11)32/h5-10,13,18-19,34-35H,1-4H2,(H,37,41)(H2,24,26,27)(H3,25,30,31,36)/t8-,9-,10+,13-,18-,19-,21-,40?/m1/s1. The number of H-pyrrole nitrogens is 1. The molecule has 42 heavy (non-hydrogen) atoms. The Morgan fingerprint density at radius 2 is 1.98 bits per heavy atom. The van der Waals surface area contributed by atoms with Gasteiger partial charge in [0.25, 0.3) is 5.56 Å². The van der Waals surface area contributed by atoms with Gasteiger partial charge in [-0.05, 0) is 18.2 Å². The van der Waals surface area contributed by atoms with Crippen LogP contribution in [0.15, 0.2) is 23.8 Å². The highest BCUT2D eigenvalue weighted by Crippen LogP contribution is 2.65. The minimum absolute atomic E-state index is 0.0426. The highest BCUT2D eigenvalue weighted by molar-refractivity contribution is 8.10. The topological polar surface area (TPSA) is 238 Å². The van der Waals surface area contributed by atoms with E-state index in [4.69, 9.17) is 32.5 Å². The largest absolute Gasteiger partial charge is 0.395 e. The van der Waals surface area contributed by atoms with Gasteiger partial charge in [-0.15, -0.1) is 11.8 Å². The van der Waals surface area contributed by atoms with Crippen LogP contribution in [-0.4, -0.2) is 103 Å². The van der Waals surface area contributed by atoms with E-state index in [-0.39, 0.29) is 40.5 Å². The fraction of sp³-hybridized carbons (Fsp3) is 0.524. The van der Waals surface area contributed by atoms with Crippen LogP contribution < -0.4 is 17.0 Å². The lowest BCUT2D eigenvalue weighted by atomic mass is 10.1. The number of nitrogens with two attached hydrogens (primary N) is 2. The van der Waals surface area contributed by atoms with Crippen molar-refractivity contribution in [3.63, 3.8) is 0 Å². The molecule has 0 aromatic carbocycles. The Bertz CT molecular complexity index is 1750. The summed E-state index contributed by atoms with van der Waals surface area (Å²) in [5.74, 6) is -0.104. The molecule has 0 bridgehead atoms. The SMILES string of the molecule is Nc1nc2c(ncn2[C@@H]2S[C@@](CO)(CF)C[C@H]2P(O)(=S)OC[C@H]2O[C@@H](n3cnc4c(N)ncnc43)[C@@H](F)[C@@H]2O)c(=O)[nH]1. The third kappa shape index (κ3) is 4.75. The maximum atomic E-state index is 15.2. The van der Waals surface area contributed by atoms with Gasteiger partial charge >= 0.3 is 0 Å². The van der Waals surface area contributed by atoms with Crippen molar-refractivity contribution in [2.24, 2.45) is 0 Å². The first-order valence-corrected chi connectivity index (χ1v) is 16.1. The Balaban J connectivity index is 1.26. The summed E-state index contributed by atoms with van der Waals surface area (Å²) in [5.41, 5.74) is 10.4. The molecule has 8 atom stereocenters. The average molecular weight is 647 g/mol. The van der Waals surface area contributed by atoms with E-state index in [2.05, 4.69) is 29.9 Å². The summed E-state index contributed by atoms with van der Waals surface area (Å²) >= 11 is 6.51. The number of imidazole rings is 2. The lowest BCUT2D eigenvalue weighted by Gasteiger charge is -2.29. The van der Waals surface area contributed by atoms with E-state index in [9.17, 15) is 24.3 Å². The van der Waals surface area contributed by atoms with Gasteiger partial charge in [-0.25, -0.2) is 28.7 Å². The number of thioether (sulfide) groups is 1. The quantitative estimate of drug-likeness (QED) is 0.135. The van der Waals surface area contributed by atoms with Crippen molar-refractivity contribution in [1.82, 2.24) is 39.0 Å². The number of nitrogens with one attached hydrogen (secondary N) is 1. The molecule has 16 nitrogen and oxygen atoms in total. The van der Waals surface area contributed by atoms with Gasteiger partial charge in [0.1, 0.15) is 30.7 Å². The lowest BCUT2D eigenvalue weighted by Crippen LogP contribution is -2.32. The number of aromatic amines is 1. The van der Waals surface area contributed by atoms with E-state index in [1.54, 1.807) is 0 Å². The zero-order chi connectivity index (χ0) is 30.0. The number of rotatable bonds is 8. The number of nitrogens with zero attached hydrogens (tertiary/aromatic N) is 7. The second-order valence-electron chi connectivity index (χ2n) is 9.97. The molecular formula is C21H25F2N10O6PS2. The van der Waals surface area contributed by atoms with E-state index >= 15 is 4.39 Å². The van der Waals surface area contributed by atoms with Gasteiger partial charge in [0, 0.05) is 0 Å². The average Bonchev–Trinajstić information content (AvgIpc) is 3.73. The Kier molecular flexibility index (Phi) is 7.45. The number of halogens is 2. The molecule has 2 aliphatic rings. The summed E-state index contributed by atoms with van der Waals surface area (Å²) < 4.78 is 42.3. The maximum absolute atomic E-state index is 15.2. The van der Waals surface area contributed by atoms with Crippen LogP contribution in [-0.2, 0) is 21.1 Å². The van der Waals surface area contributed by atoms with E-state index in [0.29, 0.717) is 0 Å². The summed E-state index contributed by atoms with van der Waals surface area (Å²) in [6.07, 6.45) is -2.60. The highest BCUT2D eigenvalue weighted by atomic mass is 32.5. The first-order chi connectivity index (χ1) is 20.0. The van der Waals surface area contributed by atoms with Gasteiger partial charge in [0.15, 0.2) is 41.5 Å². The van der Waals surface area contributed by atoms with Gasteiger partial charge < -0.3 is 40.4 Å². The fourth-order valence-corrected chi connectivity index (χ4v) is 9.97. The van der Waals surface area contributed by atoms with Crippen LogP contribution in [0.4, 0.5) is 20.5 Å². The second-order valence-corrected chi connectivity index (χ2v) is 15.2. The zero-order valence-electron chi connectivity index (χ0n) is 21.4. The van der Waals surface area contributed by atoms with E-state index in [0.717, 1.165) is 11.8 Å². The van der Waals surface area contributed by atoms with Crippen molar-refractivity contribution in [3.8, 4) is 0 Å². The fourth-order valence-electron chi connectivity index (χ4n) is 5.14. The van der Waals surface area contributed by atoms with E-state index in [1.807, 2.05) is 0 Å². The van der Waals surface area contributed by atoms with Crippen LogP contribution >= 0.6 is 18.3 Å². The molecule has 6 heterocycles. The predicted octanol–water partition coefficient (Wildman–Crippen LogP) is -0.257. The number of aliphatic hydroxyl groups excluding tert-OH is 2. The number of aromatic nitrogens is 8. The Morgan fingerprint density at radius 3 is 2.71 bits per heavy atom. The molecule has 0 aliphatic carbocycles. The number of anilines is 2. The van der Waals surface area contributed by atoms with Crippen molar-refractivity contribution in [1.29, 1.82) is 0 Å². The first kappa shape index (κ1) is 29.2. The van der Waals surface area contributed by atoms with Crippen LogP contribution in [0.2, 0.25) is 0 Å². The summed E-state index contributed by atoms with van der Waals surface area (Å²) in [6, 6.07) is 0. The molecule has 8 N–H and O–H groups in total. The number of fused-ring (bicyclic) bond motifs is 2. The lowest BCUT2D eigenvalue weighted by molar-refractivity contribution is -0.0414. The smallest absolute Gasteiger partial charge is 0.280 e. The molecule has 2 aliphatic heterocycles. The van der Waals surface area contributed by atoms with Crippen LogP contribution in [0.25, 0.3) is 22.3 Å². The van der Waals surface area contributed by atoms with E-state index < -0.39 is 72.3 Å². The zero-order valence-corrected chi connectivity index (χ0v) is 23.9. The highest BCUT2D eigenvalue weighted by Gasteiger charge is 2.54.